The summed E-state index contributed by atoms with van der Waals surface area (Å²) in [6.07, 6.45) is 15.8. The van der Waals surface area contributed by atoms with E-state index >= 15 is 0 Å². The molecular weight excluding hydrogens is 1760 g/mol. The van der Waals surface area contributed by atoms with Crippen LogP contribution in [0, 0.1) is 52.5 Å². The van der Waals surface area contributed by atoms with Gasteiger partial charge in [-0.25, -0.2) is 43.9 Å². The van der Waals surface area contributed by atoms with Crippen molar-refractivity contribution in [2.75, 3.05) is 34.8 Å². The zero-order valence-electron chi connectivity index (χ0n) is 67.3. The topological polar surface area (TPSA) is 442 Å². The third-order valence-electron chi connectivity index (χ3n) is 18.8. The van der Waals surface area contributed by atoms with Gasteiger partial charge in [-0.05, 0) is 254 Å². The number of piperidine rings is 1. The van der Waals surface area contributed by atoms with E-state index in [-0.39, 0.29) is 46.6 Å². The summed E-state index contributed by atoms with van der Waals surface area (Å²) in [7, 11) is -0.414. The normalized spacial score (nSPS) is 13.7. The summed E-state index contributed by atoms with van der Waals surface area (Å²) in [4.78, 5) is 104. The van der Waals surface area contributed by atoms with E-state index in [1.807, 2.05) is 80.7 Å². The fourth-order valence-corrected chi connectivity index (χ4v) is 13.5. The van der Waals surface area contributed by atoms with Crippen LogP contribution in [0.4, 0.5) is 32.3 Å². The molecule has 2 fully saturated rings. The number of nitrogens with zero attached hydrogens (tertiary/aromatic N) is 12. The molecule has 14 aromatic rings. The van der Waals surface area contributed by atoms with Gasteiger partial charge in [0.15, 0.2) is 5.65 Å². The number of anilines is 4. The molecule has 0 spiro atoms. The molecule has 0 bridgehead atoms. The number of nitrogen functional groups attached to an aromatic ring is 1. The third-order valence-corrected chi connectivity index (χ3v) is 20.6. The van der Waals surface area contributed by atoms with Crippen molar-refractivity contribution in [1.29, 1.82) is 21.0 Å². The molecule has 0 aliphatic carbocycles. The Labute approximate surface area is 722 Å². The number of hydrogen-bond donors (Lipinski definition) is 8. The van der Waals surface area contributed by atoms with Crippen LogP contribution in [-0.4, -0.2) is 138 Å². The average Bonchev–Trinajstić information content (AvgIpc) is 1.62. The molecule has 30 nitrogen and oxygen atoms in total. The van der Waals surface area contributed by atoms with Crippen molar-refractivity contribution >= 4 is 172 Å². The summed E-state index contributed by atoms with van der Waals surface area (Å²) in [6, 6.07) is 51.9. The number of halogens is 2. The molecule has 5 aromatic carbocycles. The van der Waals surface area contributed by atoms with Gasteiger partial charge in [0.25, 0.3) is 17.7 Å². The summed E-state index contributed by atoms with van der Waals surface area (Å²) in [5, 5.41) is 55.2. The predicted molar refractivity (Wildman–Crippen MR) is 476 cm³/mol. The number of carboxylic acid groups (broad SMARTS) is 1. The lowest BCUT2D eigenvalue weighted by Crippen LogP contribution is -2.43. The second-order valence-corrected chi connectivity index (χ2v) is 33.0. The molecule has 11 heterocycles. The lowest BCUT2D eigenvalue weighted by molar-refractivity contribution is 0.00578. The van der Waals surface area contributed by atoms with Crippen molar-refractivity contribution in [3.63, 3.8) is 0 Å². The Hall–Kier alpha value is -13.8. The van der Waals surface area contributed by atoms with Crippen LogP contribution in [-0.2, 0) is 18.8 Å². The van der Waals surface area contributed by atoms with Crippen LogP contribution in [0.5, 0.6) is 0 Å². The lowest BCUT2D eigenvalue weighted by Gasteiger charge is -2.34. The van der Waals surface area contributed by atoms with Crippen molar-refractivity contribution in [1.82, 2.24) is 53.9 Å². The molecular formula is C88H82BI2N19O11. The largest absolute Gasteiger partial charge is 0.494 e. The molecule has 0 saturated carbocycles. The number of ether oxygens (including phenoxy) is 2. The van der Waals surface area contributed by atoms with Gasteiger partial charge in [-0.15, -0.1) is 0 Å². The molecule has 0 radical (unpaired) electrons. The number of H-pyrrole nitrogens is 3. The number of aromatic nitrogens is 10. The molecule has 16 rings (SSSR count). The first-order valence-corrected chi connectivity index (χ1v) is 39.9. The Morgan fingerprint density at radius 3 is 1.54 bits per heavy atom. The zero-order chi connectivity index (χ0) is 87.1. The number of nitrogens with one attached hydrogen (secondary N) is 6. The fourth-order valence-electron chi connectivity index (χ4n) is 12.2. The second kappa shape index (κ2) is 38.3. The molecule has 2 saturated heterocycles. The number of carbonyl (C=O) groups is 6. The Bertz CT molecular complexity index is 6390. The van der Waals surface area contributed by atoms with Gasteiger partial charge in [0, 0.05) is 114 Å². The highest BCUT2D eigenvalue weighted by Crippen LogP contribution is 2.37. The van der Waals surface area contributed by atoms with E-state index in [1.165, 1.54) is 29.4 Å². The maximum atomic E-state index is 12.6. The van der Waals surface area contributed by atoms with E-state index in [2.05, 4.69) is 139 Å². The van der Waals surface area contributed by atoms with Gasteiger partial charge in [0.1, 0.15) is 28.1 Å². The molecule has 2 aliphatic heterocycles. The van der Waals surface area contributed by atoms with Crippen LogP contribution in [0.1, 0.15) is 152 Å². The summed E-state index contributed by atoms with van der Waals surface area (Å²) in [5.41, 5.74) is 14.9. The number of carbonyl (C=O) groups excluding carboxylic acids is 5. The number of likely N-dealkylation sites (tertiary alicyclic amines) is 1. The number of nitriles is 4. The second-order valence-electron chi connectivity index (χ2n) is 30.7. The monoisotopic (exact) mass is 1850 g/mol. The van der Waals surface area contributed by atoms with E-state index in [0.29, 0.717) is 84.9 Å². The van der Waals surface area contributed by atoms with E-state index in [9.17, 15) is 28.8 Å². The summed E-state index contributed by atoms with van der Waals surface area (Å²) in [5.74, 6) is -1.82. The lowest BCUT2D eigenvalue weighted by atomic mass is 9.79. The molecule has 33 heteroatoms. The fraction of sp³-hybridized carbons (Fsp3) is 0.216. The van der Waals surface area contributed by atoms with Gasteiger partial charge in [-0.3, -0.25) is 14.4 Å². The highest BCUT2D eigenvalue weighted by molar-refractivity contribution is 14.1. The minimum Gasteiger partial charge on any atom is -0.478 e. The van der Waals surface area contributed by atoms with Crippen LogP contribution >= 0.6 is 45.2 Å². The van der Waals surface area contributed by atoms with Gasteiger partial charge in [0.05, 0.1) is 103 Å². The van der Waals surface area contributed by atoms with Gasteiger partial charge in [0.2, 0.25) is 0 Å². The summed E-state index contributed by atoms with van der Waals surface area (Å²) >= 11 is 4.27. The van der Waals surface area contributed by atoms with Crippen LogP contribution in [0.3, 0.4) is 0 Å². The number of imidazole rings is 1. The first-order chi connectivity index (χ1) is 57.6. The van der Waals surface area contributed by atoms with E-state index in [1.54, 1.807) is 167 Å². The Morgan fingerprint density at radius 1 is 0.562 bits per heavy atom. The van der Waals surface area contributed by atoms with Crippen LogP contribution in [0.2, 0.25) is 0 Å². The highest BCUT2D eigenvalue weighted by Gasteiger charge is 2.52. The number of nitrogens with two attached hydrogens (primary N) is 1. The number of aromatic carboxylic acids is 1. The molecule has 9 aromatic heterocycles. The van der Waals surface area contributed by atoms with E-state index < -0.39 is 30.4 Å². The van der Waals surface area contributed by atoms with Crippen molar-refractivity contribution in [2.45, 2.75) is 111 Å². The van der Waals surface area contributed by atoms with Gasteiger partial charge >= 0.3 is 25.3 Å². The van der Waals surface area contributed by atoms with Crippen molar-refractivity contribution in [3.8, 4) is 24.3 Å². The predicted octanol–water partition coefficient (Wildman–Crippen LogP) is 16.8. The molecule has 121 heavy (non-hydrogen) atoms. The number of pyridine rings is 4. The van der Waals surface area contributed by atoms with Crippen LogP contribution < -0.4 is 27.1 Å². The van der Waals surface area contributed by atoms with Crippen molar-refractivity contribution in [3.05, 3.63) is 259 Å². The minimum atomic E-state index is -0.953. The maximum absolute atomic E-state index is 12.6. The number of hydrogen-bond acceptors (Lipinski definition) is 20. The van der Waals surface area contributed by atoms with Gasteiger partial charge in [-0.2, -0.15) is 21.0 Å². The number of rotatable bonds is 9. The number of fused-ring (bicyclic) bond motifs is 5. The number of carboxylic acids is 1. The van der Waals surface area contributed by atoms with E-state index in [4.69, 9.17) is 50.7 Å². The molecule has 612 valence electrons. The first-order valence-electron chi connectivity index (χ1n) is 37.7. The molecule has 1 unspecified atom stereocenters. The van der Waals surface area contributed by atoms with Crippen molar-refractivity contribution < 1.29 is 52.7 Å². The molecule has 2 aliphatic rings. The summed E-state index contributed by atoms with van der Waals surface area (Å²) < 4.78 is 28.7. The molecule has 9 N–H and O–H groups in total. The molecule has 4 amide bonds. The van der Waals surface area contributed by atoms with Gasteiger partial charge < -0.3 is 70.0 Å². The minimum absolute atomic E-state index is 0.153. The standard InChI is InChI=1S/C23H34BN3O4.C20H17IN4O3.C15H9IN4O.C15H10N4O.C8H6N2O2.C7H6N2/c1-21(2,3)29-20(28)26-12-8-9-17(14-26)27-15-25-18-11-10-16(13-19(18)27)24-30-22(4,5)23(6,7)31-24;1-20(2,3)28-19(27)25-11-16(21)15-8-13(10-23-17(15)25)18(26)24-14-6-4-5-12(7-14)9-22;16-13-8-19-14-12(13)5-10(7-18-14)15(21)20-11-3-1-2-9(4-11)6-17;16-8-10-2-1-3-13(6-10)19-15(20)12-7-11-4-5-17-14(11)18-9-12;11-8(12)6-3-5-1-2-9-7(5)10-4-6;8-5-6-2-1-3-7(9)4-6/h10-11,13,15,17H,8-9,12,14H2,1-7H3;4-8,10-11H,1-3H3,(H,24,26);1-5,7-8H,(H,18,19)(H,20,21);1-7,9H,(H,17,18)(H,19,20);1-4H,(H,9,10)(H,11,12);1-4H,9H2. The number of benzene rings is 5. The number of amides is 4. The zero-order valence-corrected chi connectivity index (χ0v) is 71.7. The third kappa shape index (κ3) is 22.9. The van der Waals surface area contributed by atoms with Gasteiger partial charge in [-0.1, -0.05) is 30.3 Å². The van der Waals surface area contributed by atoms with Crippen LogP contribution in [0.25, 0.3) is 55.2 Å². The Balaban J connectivity index is 0.000000147. The van der Waals surface area contributed by atoms with Crippen LogP contribution in [0.15, 0.2) is 208 Å². The van der Waals surface area contributed by atoms with Crippen molar-refractivity contribution in [2.24, 2.45) is 0 Å². The quantitative estimate of drug-likeness (QED) is 0.0378. The average molecular weight is 1850 g/mol. The highest BCUT2D eigenvalue weighted by atomic mass is 127. The number of aromatic amines is 3. The maximum Gasteiger partial charge on any atom is 0.494 e. The first kappa shape index (κ1) is 88.0. The molecule has 1 atom stereocenters. The Morgan fingerprint density at radius 2 is 1.03 bits per heavy atom. The smallest absolute Gasteiger partial charge is 0.478 e. The van der Waals surface area contributed by atoms with E-state index in [0.717, 1.165) is 70.5 Å². The SMILES string of the molecule is CC(C)(C)OC(=O)N1CCCC(n2cnc3ccc(B4OC(C)(C)C(C)(C)O4)cc32)C1.CC(C)(C)OC(=O)n1cc(I)c2cc(C(=O)Nc3cccc(C#N)c3)cnc21.N#Cc1cccc(N)c1.N#Cc1cccc(NC(=O)c2cnc3[nH]cc(I)c3c2)c1.N#Cc1cccc(NC(=O)c2cnc3[nH]ccc3c2)c1.O=C(O)c1cnc2[nH]ccc2c1. The summed E-state index contributed by atoms with van der Waals surface area (Å²) in [6.45, 7) is 20.6. The Kier molecular flexibility index (Phi) is 27.8.